The lowest BCUT2D eigenvalue weighted by Crippen LogP contribution is -2.34. The molecule has 20 heavy (non-hydrogen) atoms. The predicted molar refractivity (Wildman–Crippen MR) is 84.0 cm³/mol. The number of fused-ring (bicyclic) bond motifs is 1. The molecule has 1 aliphatic carbocycles. The second kappa shape index (κ2) is 5.41. The van der Waals surface area contributed by atoms with Crippen molar-refractivity contribution in [3.05, 3.63) is 23.4 Å². The molecule has 4 heteroatoms. The zero-order valence-corrected chi connectivity index (χ0v) is 14.7. The van der Waals surface area contributed by atoms with Crippen molar-refractivity contribution in [3.63, 3.8) is 0 Å². The Morgan fingerprint density at radius 1 is 1.25 bits per heavy atom. The second-order valence-corrected chi connectivity index (χ2v) is 10.9. The molecule has 1 saturated carbocycles. The Bertz CT molecular complexity index is 423. The summed E-state index contributed by atoms with van der Waals surface area (Å²) in [6.45, 7) is 16.8. The number of hydrogen-bond acceptors (Lipinski definition) is 3. The van der Waals surface area contributed by atoms with E-state index in [1.807, 2.05) is 13.8 Å². The van der Waals surface area contributed by atoms with Gasteiger partial charge in [0.05, 0.1) is 12.2 Å². The van der Waals surface area contributed by atoms with Crippen molar-refractivity contribution in [3.8, 4) is 0 Å². The Kier molecular flexibility index (Phi) is 4.31. The van der Waals surface area contributed by atoms with Gasteiger partial charge in [-0.25, -0.2) is 0 Å². The van der Waals surface area contributed by atoms with Gasteiger partial charge in [0.2, 0.25) is 8.32 Å². The molecule has 2 rings (SSSR count). The van der Waals surface area contributed by atoms with Crippen LogP contribution in [0.15, 0.2) is 23.4 Å². The second-order valence-electron chi connectivity index (χ2n) is 7.16. The Morgan fingerprint density at radius 2 is 1.80 bits per heavy atom. The summed E-state index contributed by atoms with van der Waals surface area (Å²) in [5, 5.41) is 0. The molecular weight excluding hydrogens is 268 g/mol. The van der Waals surface area contributed by atoms with Crippen molar-refractivity contribution >= 4 is 8.32 Å². The Hall–Kier alpha value is -0.423. The molecule has 2 fully saturated rings. The van der Waals surface area contributed by atoms with Crippen molar-refractivity contribution < 1.29 is 13.9 Å². The summed E-state index contributed by atoms with van der Waals surface area (Å²) < 4.78 is 18.0. The number of ether oxygens (including phenoxy) is 2. The van der Waals surface area contributed by atoms with E-state index in [2.05, 4.69) is 39.2 Å². The minimum atomic E-state index is -1.79. The first-order valence-electron chi connectivity index (χ1n) is 7.51. The van der Waals surface area contributed by atoms with E-state index < -0.39 is 14.1 Å². The van der Waals surface area contributed by atoms with Gasteiger partial charge in [-0.2, -0.15) is 0 Å². The Labute approximate surface area is 124 Å². The average molecular weight is 296 g/mol. The van der Waals surface area contributed by atoms with Gasteiger partial charge in [-0.3, -0.25) is 0 Å². The van der Waals surface area contributed by atoms with Gasteiger partial charge in [0.1, 0.15) is 0 Å². The largest absolute Gasteiger partial charge is 0.411 e. The summed E-state index contributed by atoms with van der Waals surface area (Å²) >= 11 is 0. The Balaban J connectivity index is 2.12. The summed E-state index contributed by atoms with van der Waals surface area (Å²) in [6, 6.07) is 0. The first-order valence-corrected chi connectivity index (χ1v) is 10.5. The van der Waals surface area contributed by atoms with E-state index in [1.165, 1.54) is 11.1 Å². The molecule has 114 valence electrons. The van der Waals surface area contributed by atoms with E-state index in [0.717, 1.165) is 12.8 Å². The summed E-state index contributed by atoms with van der Waals surface area (Å²) in [7, 11) is -1.79. The highest BCUT2D eigenvalue weighted by molar-refractivity contribution is 6.76. The molecule has 0 spiro atoms. The molecule has 1 heterocycles. The fourth-order valence-corrected chi connectivity index (χ4v) is 5.66. The minimum absolute atomic E-state index is 0.158. The monoisotopic (exact) mass is 296 g/mol. The molecule has 0 aromatic rings. The first-order chi connectivity index (χ1) is 9.08. The van der Waals surface area contributed by atoms with Crippen LogP contribution in [0.5, 0.6) is 0 Å². The molecule has 0 bridgehead atoms. The van der Waals surface area contributed by atoms with Crippen LogP contribution in [0.1, 0.15) is 40.5 Å². The third-order valence-electron chi connectivity index (χ3n) is 3.67. The fraction of sp³-hybridized carbons (Fsp3) is 0.750. The zero-order valence-electron chi connectivity index (χ0n) is 13.7. The van der Waals surface area contributed by atoms with Crippen LogP contribution in [0.4, 0.5) is 0 Å². The van der Waals surface area contributed by atoms with E-state index in [-0.39, 0.29) is 18.3 Å². The molecule has 2 atom stereocenters. The molecule has 2 aliphatic rings. The lowest BCUT2D eigenvalue weighted by atomic mass is 9.87. The SMILES string of the molecule is C=C1C[C@H]2OC(C)(C)O[C@@H]2C/C1=C\[Si](C)(C)OC(C)C. The Morgan fingerprint density at radius 3 is 2.35 bits per heavy atom. The average Bonchev–Trinajstić information content (AvgIpc) is 2.49. The predicted octanol–water partition coefficient (Wildman–Crippen LogP) is 3.95. The van der Waals surface area contributed by atoms with Crippen molar-refractivity contribution in [2.45, 2.75) is 77.7 Å². The van der Waals surface area contributed by atoms with E-state index >= 15 is 0 Å². The van der Waals surface area contributed by atoms with Crippen LogP contribution in [-0.4, -0.2) is 32.4 Å². The number of rotatable bonds is 3. The standard InChI is InChI=1S/C16H28O3Si/c1-11(2)19-20(6,7)10-13-9-15-14(8-12(13)3)17-16(4,5)18-15/h10-11,14-15H,3,8-9H2,1-2,4-7H3/b13-10+/t14-,15-/m1/s1. The van der Waals surface area contributed by atoms with Crippen LogP contribution in [0.25, 0.3) is 0 Å². The molecule has 0 amide bonds. The molecule has 1 saturated heterocycles. The molecule has 0 N–H and O–H groups in total. The molecule has 1 aliphatic heterocycles. The van der Waals surface area contributed by atoms with Gasteiger partial charge in [-0.05, 0) is 51.9 Å². The van der Waals surface area contributed by atoms with Crippen molar-refractivity contribution in [2.24, 2.45) is 0 Å². The zero-order chi connectivity index (χ0) is 15.1. The highest BCUT2D eigenvalue weighted by atomic mass is 28.4. The van der Waals surface area contributed by atoms with E-state index in [4.69, 9.17) is 13.9 Å². The van der Waals surface area contributed by atoms with E-state index in [9.17, 15) is 0 Å². The molecule has 0 unspecified atom stereocenters. The quantitative estimate of drug-likeness (QED) is 0.738. The maximum absolute atomic E-state index is 6.09. The van der Waals surface area contributed by atoms with Crippen molar-refractivity contribution in [1.29, 1.82) is 0 Å². The minimum Gasteiger partial charge on any atom is -0.411 e. The van der Waals surface area contributed by atoms with Crippen LogP contribution in [-0.2, 0) is 13.9 Å². The first kappa shape index (κ1) is 16.0. The lowest BCUT2D eigenvalue weighted by molar-refractivity contribution is -0.145. The third-order valence-corrected chi connectivity index (χ3v) is 5.79. The normalized spacial score (nSPS) is 31.9. The van der Waals surface area contributed by atoms with Gasteiger partial charge < -0.3 is 13.9 Å². The summed E-state index contributed by atoms with van der Waals surface area (Å²) in [5.41, 5.74) is 4.82. The summed E-state index contributed by atoms with van der Waals surface area (Å²) in [5.74, 6) is -0.466. The summed E-state index contributed by atoms with van der Waals surface area (Å²) in [6.07, 6.45) is 2.34. The maximum atomic E-state index is 6.09. The van der Waals surface area contributed by atoms with Crippen LogP contribution in [0.2, 0.25) is 13.1 Å². The van der Waals surface area contributed by atoms with Gasteiger partial charge in [0.25, 0.3) is 0 Å². The van der Waals surface area contributed by atoms with Gasteiger partial charge >= 0.3 is 0 Å². The van der Waals surface area contributed by atoms with E-state index in [1.54, 1.807) is 0 Å². The third kappa shape index (κ3) is 3.82. The molecular formula is C16H28O3Si. The number of hydrogen-bond donors (Lipinski definition) is 0. The topological polar surface area (TPSA) is 27.7 Å². The molecule has 0 aromatic heterocycles. The highest BCUT2D eigenvalue weighted by Crippen LogP contribution is 2.41. The van der Waals surface area contributed by atoms with Gasteiger partial charge in [0.15, 0.2) is 5.79 Å². The van der Waals surface area contributed by atoms with Crippen LogP contribution >= 0.6 is 0 Å². The lowest BCUT2D eigenvalue weighted by Gasteiger charge is -2.30. The van der Waals surface area contributed by atoms with E-state index in [0.29, 0.717) is 0 Å². The van der Waals surface area contributed by atoms with Gasteiger partial charge in [-0.15, -0.1) is 0 Å². The fourth-order valence-electron chi connectivity index (χ4n) is 3.21. The van der Waals surface area contributed by atoms with Crippen LogP contribution in [0, 0.1) is 0 Å². The van der Waals surface area contributed by atoms with Gasteiger partial charge in [0, 0.05) is 18.9 Å². The molecule has 0 radical (unpaired) electrons. The van der Waals surface area contributed by atoms with Crippen molar-refractivity contribution in [1.82, 2.24) is 0 Å². The van der Waals surface area contributed by atoms with Crippen molar-refractivity contribution in [2.75, 3.05) is 0 Å². The smallest absolute Gasteiger partial charge is 0.211 e. The van der Waals surface area contributed by atoms with Crippen LogP contribution < -0.4 is 0 Å². The van der Waals surface area contributed by atoms with Crippen LogP contribution in [0.3, 0.4) is 0 Å². The molecule has 3 nitrogen and oxygen atoms in total. The summed E-state index contributed by atoms with van der Waals surface area (Å²) in [4.78, 5) is 0. The molecule has 0 aromatic carbocycles. The van der Waals surface area contributed by atoms with Gasteiger partial charge in [-0.1, -0.05) is 12.3 Å². The maximum Gasteiger partial charge on any atom is 0.211 e. The highest BCUT2D eigenvalue weighted by Gasteiger charge is 2.44.